The molecule has 11 heteroatoms. The number of hydrogen-bond donors (Lipinski definition) is 0. The van der Waals surface area contributed by atoms with E-state index in [4.69, 9.17) is 4.74 Å². The number of ether oxygens (including phenoxy) is 1. The second-order valence-corrected chi connectivity index (χ2v) is 10.1. The van der Waals surface area contributed by atoms with Crippen molar-refractivity contribution >= 4 is 11.9 Å². The number of alkyl halides is 3. The van der Waals surface area contributed by atoms with Crippen LogP contribution in [0.4, 0.5) is 23.8 Å². The molecule has 0 spiro atoms. The minimum absolute atomic E-state index is 0.00206. The number of pyridine rings is 1. The second kappa shape index (κ2) is 9.06. The zero-order valence-electron chi connectivity index (χ0n) is 20.3. The number of nitrogens with zero attached hydrogens (tertiary/aromatic N) is 6. The van der Waals surface area contributed by atoms with E-state index in [1.54, 1.807) is 26.7 Å². The van der Waals surface area contributed by atoms with Gasteiger partial charge < -0.3 is 14.5 Å². The predicted octanol–water partition coefficient (Wildman–Crippen LogP) is 5.01. The molecule has 4 rings (SSSR count). The highest BCUT2D eigenvalue weighted by Crippen LogP contribution is 2.40. The van der Waals surface area contributed by atoms with Crippen LogP contribution in [0, 0.1) is 11.3 Å². The Balaban J connectivity index is 1.56. The van der Waals surface area contributed by atoms with Gasteiger partial charge in [0.15, 0.2) is 0 Å². The minimum atomic E-state index is -4.68. The molecule has 2 aliphatic rings. The zero-order valence-corrected chi connectivity index (χ0v) is 20.3. The van der Waals surface area contributed by atoms with Crippen molar-refractivity contribution in [3.63, 3.8) is 0 Å². The number of amides is 1. The Labute approximate surface area is 202 Å². The summed E-state index contributed by atoms with van der Waals surface area (Å²) in [6, 6.07) is 2.66. The van der Waals surface area contributed by atoms with Gasteiger partial charge in [0.2, 0.25) is 0 Å². The molecule has 0 N–H and O–H groups in total. The first kappa shape index (κ1) is 24.8. The number of likely N-dealkylation sites (tertiary alicyclic amines) is 1. The molecule has 2 aromatic heterocycles. The number of halogens is 3. The molecule has 35 heavy (non-hydrogen) atoms. The van der Waals surface area contributed by atoms with Crippen LogP contribution in [0.25, 0.3) is 11.3 Å². The summed E-state index contributed by atoms with van der Waals surface area (Å²) < 4.78 is 48.7. The minimum Gasteiger partial charge on any atom is -0.444 e. The van der Waals surface area contributed by atoms with Crippen LogP contribution in [0.15, 0.2) is 18.5 Å². The molecule has 0 saturated carbocycles. The van der Waals surface area contributed by atoms with Gasteiger partial charge in [0.1, 0.15) is 23.1 Å². The Morgan fingerprint density at radius 3 is 2.37 bits per heavy atom. The van der Waals surface area contributed by atoms with Crippen molar-refractivity contribution in [2.24, 2.45) is 0 Å². The van der Waals surface area contributed by atoms with Gasteiger partial charge >= 0.3 is 12.3 Å². The molecule has 0 aromatic carbocycles. The van der Waals surface area contributed by atoms with E-state index in [9.17, 15) is 23.2 Å². The predicted molar refractivity (Wildman–Crippen MR) is 123 cm³/mol. The maximum absolute atomic E-state index is 13.8. The Hall–Kier alpha value is -3.29. The first-order valence-electron chi connectivity index (χ1n) is 11.7. The van der Waals surface area contributed by atoms with E-state index in [1.807, 2.05) is 27.7 Å². The summed E-state index contributed by atoms with van der Waals surface area (Å²) in [5, 5.41) is 13.9. The standard InChI is InChI=1S/C24H29F3N6O2/c1-15-5-10-32(15)21-18(12-28)19(24(25,26)27)11-20(30-21)16-13-29-33(14-16)17-6-8-31(9-7-17)22(34)35-23(2,3)4/h11,13-15,17H,5-10H2,1-4H3/t15-/m0/s1. The number of aromatic nitrogens is 3. The number of piperidine rings is 1. The van der Waals surface area contributed by atoms with Crippen LogP contribution >= 0.6 is 0 Å². The van der Waals surface area contributed by atoms with Crippen molar-refractivity contribution in [1.29, 1.82) is 5.26 Å². The smallest absolute Gasteiger partial charge is 0.417 e. The van der Waals surface area contributed by atoms with Crippen molar-refractivity contribution in [3.05, 3.63) is 29.6 Å². The van der Waals surface area contributed by atoms with Crippen molar-refractivity contribution < 1.29 is 22.7 Å². The number of hydrogen-bond acceptors (Lipinski definition) is 6. The summed E-state index contributed by atoms with van der Waals surface area (Å²) in [6.45, 7) is 8.90. The van der Waals surface area contributed by atoms with E-state index < -0.39 is 22.9 Å². The van der Waals surface area contributed by atoms with Crippen LogP contribution in [-0.4, -0.2) is 57.0 Å². The molecular weight excluding hydrogens is 461 g/mol. The molecule has 188 valence electrons. The van der Waals surface area contributed by atoms with E-state index in [1.165, 1.54) is 6.20 Å². The number of carbonyl (C=O) groups excluding carboxylic acids is 1. The summed E-state index contributed by atoms with van der Waals surface area (Å²) in [4.78, 5) is 20.2. The molecule has 0 bridgehead atoms. The molecule has 0 aliphatic carbocycles. The number of nitriles is 1. The maximum Gasteiger partial charge on any atom is 0.417 e. The lowest BCUT2D eigenvalue weighted by molar-refractivity contribution is -0.137. The van der Waals surface area contributed by atoms with Crippen molar-refractivity contribution in [2.45, 2.75) is 70.8 Å². The molecular formula is C24H29F3N6O2. The van der Waals surface area contributed by atoms with Gasteiger partial charge in [0, 0.05) is 37.4 Å². The highest BCUT2D eigenvalue weighted by atomic mass is 19.4. The molecule has 2 aromatic rings. The fourth-order valence-electron chi connectivity index (χ4n) is 4.36. The van der Waals surface area contributed by atoms with Gasteiger partial charge in [-0.2, -0.15) is 23.5 Å². The van der Waals surface area contributed by atoms with Gasteiger partial charge in [-0.05, 0) is 53.0 Å². The summed E-state index contributed by atoms with van der Waals surface area (Å²) in [6.07, 6.45) is 0.265. The van der Waals surface area contributed by atoms with E-state index in [0.717, 1.165) is 12.5 Å². The lowest BCUT2D eigenvalue weighted by atomic mass is 10.0. The molecule has 1 atom stereocenters. The first-order chi connectivity index (χ1) is 16.4. The SMILES string of the molecule is C[C@H]1CCN1c1nc(-c2cnn(C3CCN(C(=O)OC(C)(C)C)CC3)c2)cc(C(F)(F)F)c1C#N. The lowest BCUT2D eigenvalue weighted by Crippen LogP contribution is -2.46. The van der Waals surface area contributed by atoms with Crippen LogP contribution < -0.4 is 4.90 Å². The van der Waals surface area contributed by atoms with Crippen molar-refractivity contribution in [3.8, 4) is 17.3 Å². The van der Waals surface area contributed by atoms with Gasteiger partial charge in [-0.15, -0.1) is 0 Å². The normalized spacial score (nSPS) is 19.3. The molecule has 2 fully saturated rings. The summed E-state index contributed by atoms with van der Waals surface area (Å²) in [7, 11) is 0. The zero-order chi connectivity index (χ0) is 25.5. The number of anilines is 1. The Bertz CT molecular complexity index is 1140. The van der Waals surface area contributed by atoms with Crippen molar-refractivity contribution in [1.82, 2.24) is 19.7 Å². The summed E-state index contributed by atoms with van der Waals surface area (Å²) in [5.74, 6) is 0.0643. The molecule has 1 amide bonds. The first-order valence-corrected chi connectivity index (χ1v) is 11.7. The van der Waals surface area contributed by atoms with Crippen LogP contribution in [-0.2, 0) is 10.9 Å². The third-order valence-corrected chi connectivity index (χ3v) is 6.40. The van der Waals surface area contributed by atoms with Gasteiger partial charge in [0.05, 0.1) is 23.5 Å². The van der Waals surface area contributed by atoms with Gasteiger partial charge in [-0.3, -0.25) is 4.68 Å². The van der Waals surface area contributed by atoms with E-state index >= 15 is 0 Å². The molecule has 2 saturated heterocycles. The summed E-state index contributed by atoms with van der Waals surface area (Å²) >= 11 is 0. The van der Waals surface area contributed by atoms with Gasteiger partial charge in [-0.25, -0.2) is 9.78 Å². The van der Waals surface area contributed by atoms with Crippen LogP contribution in [0.5, 0.6) is 0 Å². The average molecular weight is 491 g/mol. The third-order valence-electron chi connectivity index (χ3n) is 6.40. The Kier molecular flexibility index (Phi) is 6.42. The molecule has 0 radical (unpaired) electrons. The fourth-order valence-corrected chi connectivity index (χ4v) is 4.36. The largest absolute Gasteiger partial charge is 0.444 e. The van der Waals surface area contributed by atoms with Gasteiger partial charge in [-0.1, -0.05) is 0 Å². The fraction of sp³-hybridized carbons (Fsp3) is 0.583. The molecule has 2 aliphatic heterocycles. The average Bonchev–Trinajstić information content (AvgIpc) is 3.26. The van der Waals surface area contributed by atoms with E-state index in [2.05, 4.69) is 10.1 Å². The topological polar surface area (TPSA) is 87.3 Å². The van der Waals surface area contributed by atoms with E-state index in [0.29, 0.717) is 38.0 Å². The molecule has 4 heterocycles. The molecule has 0 unspecified atom stereocenters. The highest BCUT2D eigenvalue weighted by molar-refractivity contribution is 5.69. The summed E-state index contributed by atoms with van der Waals surface area (Å²) in [5.41, 5.74) is -1.43. The van der Waals surface area contributed by atoms with Crippen LogP contribution in [0.3, 0.4) is 0 Å². The number of rotatable bonds is 3. The van der Waals surface area contributed by atoms with E-state index in [-0.39, 0.29) is 29.7 Å². The quantitative estimate of drug-likeness (QED) is 0.601. The van der Waals surface area contributed by atoms with Gasteiger partial charge in [0.25, 0.3) is 0 Å². The Morgan fingerprint density at radius 1 is 1.17 bits per heavy atom. The molecule has 8 nitrogen and oxygen atoms in total. The van der Waals surface area contributed by atoms with Crippen molar-refractivity contribution in [2.75, 3.05) is 24.5 Å². The third kappa shape index (κ3) is 5.21. The number of carbonyl (C=O) groups is 1. The van der Waals surface area contributed by atoms with Crippen LogP contribution in [0.2, 0.25) is 0 Å². The second-order valence-electron chi connectivity index (χ2n) is 10.1. The maximum atomic E-state index is 13.8. The van der Waals surface area contributed by atoms with Crippen LogP contribution in [0.1, 0.15) is 64.1 Å². The Morgan fingerprint density at radius 2 is 1.86 bits per heavy atom. The lowest BCUT2D eigenvalue weighted by Gasteiger charge is -2.40. The highest BCUT2D eigenvalue weighted by Gasteiger charge is 2.39. The monoisotopic (exact) mass is 490 g/mol.